The first-order valence-electron chi connectivity index (χ1n) is 8.68. The van der Waals surface area contributed by atoms with Crippen molar-refractivity contribution in [3.05, 3.63) is 0 Å². The standard InChI is InChI=1S/C17H36N4O/c1-17(2,22-5)14-20-16(18-3)19-12-9-13-21(4)15-10-7-6-8-11-15/h15H,6-14H2,1-5H3,(H2,18,19,20). The van der Waals surface area contributed by atoms with E-state index in [1.54, 1.807) is 7.11 Å². The largest absolute Gasteiger partial charge is 0.377 e. The fourth-order valence-corrected chi connectivity index (χ4v) is 2.83. The van der Waals surface area contributed by atoms with Crippen molar-refractivity contribution in [1.29, 1.82) is 0 Å². The van der Waals surface area contributed by atoms with E-state index in [2.05, 4.69) is 41.4 Å². The number of methoxy groups -OCH3 is 1. The van der Waals surface area contributed by atoms with Crippen LogP contribution in [-0.2, 0) is 4.74 Å². The van der Waals surface area contributed by atoms with E-state index in [4.69, 9.17) is 4.74 Å². The molecule has 0 aliphatic heterocycles. The van der Waals surface area contributed by atoms with Crippen molar-refractivity contribution in [3.8, 4) is 0 Å². The summed E-state index contributed by atoms with van der Waals surface area (Å²) in [6.45, 7) is 6.96. The Bertz CT molecular complexity index is 325. The third-order valence-corrected chi connectivity index (χ3v) is 4.64. The van der Waals surface area contributed by atoms with Crippen molar-refractivity contribution < 1.29 is 4.74 Å². The van der Waals surface area contributed by atoms with Crippen LogP contribution >= 0.6 is 0 Å². The Balaban J connectivity index is 2.16. The molecule has 0 aromatic heterocycles. The number of ether oxygens (including phenoxy) is 1. The molecule has 0 amide bonds. The molecule has 130 valence electrons. The molecule has 1 aliphatic carbocycles. The van der Waals surface area contributed by atoms with Gasteiger partial charge in [-0.1, -0.05) is 19.3 Å². The van der Waals surface area contributed by atoms with Gasteiger partial charge >= 0.3 is 0 Å². The van der Waals surface area contributed by atoms with E-state index in [1.807, 2.05) is 7.05 Å². The fourth-order valence-electron chi connectivity index (χ4n) is 2.83. The summed E-state index contributed by atoms with van der Waals surface area (Å²) in [7, 11) is 5.81. The van der Waals surface area contributed by atoms with Crippen molar-refractivity contribution in [2.75, 3.05) is 40.8 Å². The van der Waals surface area contributed by atoms with Crippen molar-refractivity contribution in [3.63, 3.8) is 0 Å². The second kappa shape index (κ2) is 10.1. The lowest BCUT2D eigenvalue weighted by molar-refractivity contribution is 0.0268. The van der Waals surface area contributed by atoms with Gasteiger partial charge in [0.1, 0.15) is 0 Å². The lowest BCUT2D eigenvalue weighted by Gasteiger charge is -2.31. The number of rotatable bonds is 8. The summed E-state index contributed by atoms with van der Waals surface area (Å²) in [6, 6.07) is 0.800. The van der Waals surface area contributed by atoms with Gasteiger partial charge < -0.3 is 20.3 Å². The van der Waals surface area contributed by atoms with Crippen LogP contribution in [0.4, 0.5) is 0 Å². The van der Waals surface area contributed by atoms with Gasteiger partial charge in [0.05, 0.1) is 5.60 Å². The quantitative estimate of drug-likeness (QED) is 0.410. The Morgan fingerprint density at radius 2 is 1.91 bits per heavy atom. The molecule has 0 bridgehead atoms. The van der Waals surface area contributed by atoms with E-state index in [1.165, 1.54) is 32.1 Å². The highest BCUT2D eigenvalue weighted by atomic mass is 16.5. The Labute approximate surface area is 136 Å². The third-order valence-electron chi connectivity index (χ3n) is 4.64. The number of hydrogen-bond acceptors (Lipinski definition) is 3. The zero-order chi connectivity index (χ0) is 16.4. The number of aliphatic imine (C=N–C) groups is 1. The van der Waals surface area contributed by atoms with Crippen LogP contribution in [0.5, 0.6) is 0 Å². The topological polar surface area (TPSA) is 48.9 Å². The van der Waals surface area contributed by atoms with Gasteiger partial charge in [-0.25, -0.2) is 0 Å². The van der Waals surface area contributed by atoms with Crippen molar-refractivity contribution >= 4 is 5.96 Å². The monoisotopic (exact) mass is 312 g/mol. The van der Waals surface area contributed by atoms with Crippen molar-refractivity contribution in [2.45, 2.75) is 64.0 Å². The second-order valence-electron chi connectivity index (χ2n) is 6.94. The van der Waals surface area contributed by atoms with Crippen LogP contribution in [0.2, 0.25) is 0 Å². The minimum atomic E-state index is -0.182. The molecule has 0 unspecified atom stereocenters. The molecule has 0 aromatic rings. The summed E-state index contributed by atoms with van der Waals surface area (Å²) >= 11 is 0. The number of hydrogen-bond donors (Lipinski definition) is 2. The van der Waals surface area contributed by atoms with Crippen LogP contribution in [-0.4, -0.2) is 63.3 Å². The molecule has 22 heavy (non-hydrogen) atoms. The molecule has 0 heterocycles. The van der Waals surface area contributed by atoms with E-state index < -0.39 is 0 Å². The van der Waals surface area contributed by atoms with Gasteiger partial charge in [0.25, 0.3) is 0 Å². The number of nitrogens with one attached hydrogen (secondary N) is 2. The molecule has 5 nitrogen and oxygen atoms in total. The summed E-state index contributed by atoms with van der Waals surface area (Å²) < 4.78 is 5.40. The first-order valence-corrected chi connectivity index (χ1v) is 8.68. The van der Waals surface area contributed by atoms with Crippen LogP contribution < -0.4 is 10.6 Å². The van der Waals surface area contributed by atoms with Gasteiger partial charge in [0.15, 0.2) is 5.96 Å². The molecule has 1 aliphatic rings. The predicted molar refractivity (Wildman–Crippen MR) is 94.6 cm³/mol. The summed E-state index contributed by atoms with van der Waals surface area (Å²) in [4.78, 5) is 6.79. The summed E-state index contributed by atoms with van der Waals surface area (Å²) in [5, 5.41) is 6.69. The van der Waals surface area contributed by atoms with E-state index >= 15 is 0 Å². The van der Waals surface area contributed by atoms with E-state index in [0.29, 0.717) is 0 Å². The van der Waals surface area contributed by atoms with Crippen LogP contribution in [0, 0.1) is 0 Å². The Kier molecular flexibility index (Phi) is 8.79. The number of nitrogens with zero attached hydrogens (tertiary/aromatic N) is 2. The van der Waals surface area contributed by atoms with Gasteiger partial charge in [-0.15, -0.1) is 0 Å². The zero-order valence-electron chi connectivity index (χ0n) is 15.2. The van der Waals surface area contributed by atoms with Gasteiger partial charge in [-0.2, -0.15) is 0 Å². The van der Waals surface area contributed by atoms with E-state index in [9.17, 15) is 0 Å². The van der Waals surface area contributed by atoms with Crippen LogP contribution in [0.25, 0.3) is 0 Å². The molecule has 0 radical (unpaired) electrons. The molecule has 1 fully saturated rings. The summed E-state index contributed by atoms with van der Waals surface area (Å²) in [6.07, 6.45) is 8.11. The lowest BCUT2D eigenvalue weighted by Crippen LogP contribution is -2.45. The highest BCUT2D eigenvalue weighted by Gasteiger charge is 2.18. The zero-order valence-corrected chi connectivity index (χ0v) is 15.2. The fraction of sp³-hybridized carbons (Fsp3) is 0.941. The Hall–Kier alpha value is -0.810. The second-order valence-corrected chi connectivity index (χ2v) is 6.94. The third kappa shape index (κ3) is 7.45. The molecule has 0 saturated heterocycles. The van der Waals surface area contributed by atoms with Crippen LogP contribution in [0.15, 0.2) is 4.99 Å². The van der Waals surface area contributed by atoms with E-state index in [0.717, 1.165) is 38.1 Å². The molecule has 0 spiro atoms. The van der Waals surface area contributed by atoms with Gasteiger partial charge in [0, 0.05) is 33.3 Å². The molecule has 2 N–H and O–H groups in total. The smallest absolute Gasteiger partial charge is 0.191 e. The van der Waals surface area contributed by atoms with E-state index in [-0.39, 0.29) is 5.60 Å². The molecule has 0 atom stereocenters. The van der Waals surface area contributed by atoms with Gasteiger partial charge in [0.2, 0.25) is 0 Å². The van der Waals surface area contributed by atoms with Gasteiger partial charge in [-0.3, -0.25) is 4.99 Å². The summed E-state index contributed by atoms with van der Waals surface area (Å²) in [5.41, 5.74) is -0.182. The maximum Gasteiger partial charge on any atom is 0.191 e. The molecule has 1 saturated carbocycles. The van der Waals surface area contributed by atoms with Crippen molar-refractivity contribution in [2.24, 2.45) is 4.99 Å². The normalized spacial score (nSPS) is 17.8. The predicted octanol–water partition coefficient (Wildman–Crippen LogP) is 2.23. The van der Waals surface area contributed by atoms with Gasteiger partial charge in [-0.05, 0) is 46.7 Å². The molecular weight excluding hydrogens is 276 g/mol. The summed E-state index contributed by atoms with van der Waals surface area (Å²) in [5.74, 6) is 0.852. The minimum absolute atomic E-state index is 0.182. The molecular formula is C17H36N4O. The maximum absolute atomic E-state index is 5.40. The average Bonchev–Trinajstić information content (AvgIpc) is 2.54. The number of guanidine groups is 1. The Morgan fingerprint density at radius 3 is 2.50 bits per heavy atom. The highest BCUT2D eigenvalue weighted by Crippen LogP contribution is 2.21. The highest BCUT2D eigenvalue weighted by molar-refractivity contribution is 5.79. The van der Waals surface area contributed by atoms with Crippen LogP contribution in [0.1, 0.15) is 52.4 Å². The minimum Gasteiger partial charge on any atom is -0.377 e. The first kappa shape index (κ1) is 19.2. The molecule has 5 heteroatoms. The first-order chi connectivity index (χ1) is 10.5. The molecule has 0 aromatic carbocycles. The van der Waals surface area contributed by atoms with Crippen molar-refractivity contribution in [1.82, 2.24) is 15.5 Å². The molecule has 1 rings (SSSR count). The Morgan fingerprint density at radius 1 is 1.23 bits per heavy atom. The average molecular weight is 313 g/mol. The van der Waals surface area contributed by atoms with Crippen LogP contribution in [0.3, 0.4) is 0 Å². The maximum atomic E-state index is 5.40. The SMILES string of the molecule is CN=C(NCCCN(C)C1CCCCC1)NCC(C)(C)OC. The lowest BCUT2D eigenvalue weighted by atomic mass is 9.94.